The van der Waals surface area contributed by atoms with Gasteiger partial charge in [0.1, 0.15) is 12.4 Å². The Hall–Kier alpha value is -2.41. The monoisotopic (exact) mass is 436 g/mol. The van der Waals surface area contributed by atoms with Gasteiger partial charge in [0.15, 0.2) is 0 Å². The average molecular weight is 437 g/mol. The number of hydrogen-bond acceptors (Lipinski definition) is 5. The van der Waals surface area contributed by atoms with E-state index in [1.165, 1.54) is 15.6 Å². The van der Waals surface area contributed by atoms with Crippen molar-refractivity contribution in [2.45, 2.75) is 25.5 Å². The van der Waals surface area contributed by atoms with Gasteiger partial charge in [-0.15, -0.1) is 11.3 Å². The summed E-state index contributed by atoms with van der Waals surface area (Å²) in [5, 5.41) is 3.62. The van der Waals surface area contributed by atoms with Gasteiger partial charge in [0, 0.05) is 49.6 Å². The molecule has 0 aliphatic carbocycles. The maximum atomic E-state index is 12.9. The first-order chi connectivity index (χ1) is 15.3. The molecule has 0 bridgehead atoms. The van der Waals surface area contributed by atoms with Gasteiger partial charge in [-0.3, -0.25) is 9.69 Å². The Bertz CT molecular complexity index is 1020. The smallest absolute Gasteiger partial charge is 0.253 e. The zero-order valence-corrected chi connectivity index (χ0v) is 18.5. The molecule has 5 nitrogen and oxygen atoms in total. The van der Waals surface area contributed by atoms with Gasteiger partial charge in [0.2, 0.25) is 0 Å². The van der Waals surface area contributed by atoms with Crippen LogP contribution >= 0.6 is 11.3 Å². The van der Waals surface area contributed by atoms with Gasteiger partial charge in [-0.1, -0.05) is 18.2 Å². The number of nitrogens with zero attached hydrogens (tertiary/aromatic N) is 2. The highest BCUT2D eigenvalue weighted by Crippen LogP contribution is 2.27. The Kier molecular flexibility index (Phi) is 6.20. The average Bonchev–Trinajstić information content (AvgIpc) is 3.49. The van der Waals surface area contributed by atoms with Crippen molar-refractivity contribution < 1.29 is 14.3 Å². The number of amides is 1. The molecule has 2 aliphatic heterocycles. The highest BCUT2D eigenvalue weighted by atomic mass is 32.1. The van der Waals surface area contributed by atoms with E-state index in [0.717, 1.165) is 63.5 Å². The van der Waals surface area contributed by atoms with Gasteiger partial charge in [0.05, 0.1) is 6.10 Å². The summed E-state index contributed by atoms with van der Waals surface area (Å²) in [4.78, 5) is 17.3. The van der Waals surface area contributed by atoms with Crippen molar-refractivity contribution in [2.24, 2.45) is 0 Å². The largest absolute Gasteiger partial charge is 0.491 e. The molecule has 0 unspecified atom stereocenters. The number of hydrogen-bond donors (Lipinski definition) is 0. The first-order valence-corrected chi connectivity index (χ1v) is 12.0. The number of rotatable bonds is 6. The Morgan fingerprint density at radius 1 is 1.06 bits per heavy atom. The Balaban J connectivity index is 1.12. The molecule has 2 fully saturated rings. The molecule has 31 heavy (non-hydrogen) atoms. The van der Waals surface area contributed by atoms with E-state index in [1.807, 2.05) is 40.5 Å². The van der Waals surface area contributed by atoms with Crippen molar-refractivity contribution in [1.29, 1.82) is 0 Å². The second kappa shape index (κ2) is 9.39. The molecule has 3 heterocycles. The molecule has 3 aromatic rings. The summed E-state index contributed by atoms with van der Waals surface area (Å²) in [6.45, 7) is 5.68. The number of piperazine rings is 1. The lowest BCUT2D eigenvalue weighted by Crippen LogP contribution is -2.48. The standard InChI is InChI=1S/C25H28N2O3S/c28-25(19-7-9-21(10-8-19)30-17-22-4-3-15-29-22)27-13-11-26(12-14-27)16-20-18-31-24-6-2-1-5-23(20)24/h1-2,5-10,18,22H,3-4,11-17H2/t22-/m1/s1. The summed E-state index contributed by atoms with van der Waals surface area (Å²) < 4.78 is 12.7. The minimum Gasteiger partial charge on any atom is -0.491 e. The quantitative estimate of drug-likeness (QED) is 0.574. The molecule has 1 aromatic heterocycles. The maximum absolute atomic E-state index is 12.9. The molecule has 2 aliphatic rings. The van der Waals surface area contributed by atoms with Crippen molar-refractivity contribution in [1.82, 2.24) is 9.80 Å². The van der Waals surface area contributed by atoms with Gasteiger partial charge >= 0.3 is 0 Å². The van der Waals surface area contributed by atoms with Crippen molar-refractivity contribution in [3.8, 4) is 5.75 Å². The molecular formula is C25H28N2O3S. The molecule has 1 amide bonds. The summed E-state index contributed by atoms with van der Waals surface area (Å²) in [7, 11) is 0. The zero-order valence-electron chi connectivity index (χ0n) is 17.7. The van der Waals surface area contributed by atoms with Crippen LogP contribution in [0.5, 0.6) is 5.75 Å². The highest BCUT2D eigenvalue weighted by molar-refractivity contribution is 7.17. The van der Waals surface area contributed by atoms with E-state index in [9.17, 15) is 4.79 Å². The van der Waals surface area contributed by atoms with Crippen molar-refractivity contribution >= 4 is 27.3 Å². The lowest BCUT2D eigenvalue weighted by Gasteiger charge is -2.34. The molecule has 2 aromatic carbocycles. The van der Waals surface area contributed by atoms with Crippen molar-refractivity contribution in [2.75, 3.05) is 39.4 Å². The number of fused-ring (bicyclic) bond motifs is 1. The maximum Gasteiger partial charge on any atom is 0.253 e. The second-order valence-electron chi connectivity index (χ2n) is 8.30. The molecule has 5 rings (SSSR count). The SMILES string of the molecule is O=C(c1ccc(OC[C@H]2CCCO2)cc1)N1CCN(Cc2csc3ccccc23)CC1. The third-order valence-corrected chi connectivity index (χ3v) is 7.19. The van der Waals surface area contributed by atoms with E-state index < -0.39 is 0 Å². The summed E-state index contributed by atoms with van der Waals surface area (Å²) in [5.41, 5.74) is 2.11. The lowest BCUT2D eigenvalue weighted by atomic mass is 10.1. The topological polar surface area (TPSA) is 42.0 Å². The summed E-state index contributed by atoms with van der Waals surface area (Å²) >= 11 is 1.81. The minimum atomic E-state index is 0.103. The summed E-state index contributed by atoms with van der Waals surface area (Å²) in [5.74, 6) is 0.895. The van der Waals surface area contributed by atoms with Crippen LogP contribution in [0.4, 0.5) is 0 Å². The summed E-state index contributed by atoms with van der Waals surface area (Å²) in [6.07, 6.45) is 2.37. The summed E-state index contributed by atoms with van der Waals surface area (Å²) in [6, 6.07) is 16.1. The van der Waals surface area contributed by atoms with E-state index >= 15 is 0 Å². The number of carbonyl (C=O) groups is 1. The first kappa shape index (κ1) is 20.5. The van der Waals surface area contributed by atoms with Crippen LogP contribution in [0.2, 0.25) is 0 Å². The molecule has 0 spiro atoms. The molecule has 1 atom stereocenters. The Morgan fingerprint density at radius 2 is 1.87 bits per heavy atom. The highest BCUT2D eigenvalue weighted by Gasteiger charge is 2.23. The van der Waals surface area contributed by atoms with Gasteiger partial charge < -0.3 is 14.4 Å². The lowest BCUT2D eigenvalue weighted by molar-refractivity contribution is 0.0627. The van der Waals surface area contributed by atoms with Gasteiger partial charge in [-0.2, -0.15) is 0 Å². The number of thiophene rings is 1. The number of ether oxygens (including phenoxy) is 2. The van der Waals surface area contributed by atoms with Crippen LogP contribution in [-0.2, 0) is 11.3 Å². The van der Waals surface area contributed by atoms with Gasteiger partial charge in [-0.05, 0) is 59.5 Å². The van der Waals surface area contributed by atoms with Crippen LogP contribution in [0.15, 0.2) is 53.9 Å². The zero-order chi connectivity index (χ0) is 21.0. The van der Waals surface area contributed by atoms with E-state index in [-0.39, 0.29) is 12.0 Å². The van der Waals surface area contributed by atoms with E-state index in [4.69, 9.17) is 9.47 Å². The Labute approximate surface area is 187 Å². The molecule has 6 heteroatoms. The van der Waals surface area contributed by atoms with Crippen LogP contribution in [-0.4, -0.2) is 61.2 Å². The Morgan fingerprint density at radius 3 is 2.65 bits per heavy atom. The van der Waals surface area contributed by atoms with Crippen molar-refractivity contribution in [3.05, 3.63) is 65.0 Å². The number of carbonyl (C=O) groups excluding carboxylic acids is 1. The third kappa shape index (κ3) is 4.76. The van der Waals surface area contributed by atoms with E-state index in [0.29, 0.717) is 6.61 Å². The molecule has 0 radical (unpaired) electrons. The minimum absolute atomic E-state index is 0.103. The second-order valence-corrected chi connectivity index (χ2v) is 9.21. The molecule has 162 valence electrons. The molecule has 0 saturated carbocycles. The predicted molar refractivity (Wildman–Crippen MR) is 124 cm³/mol. The van der Waals surface area contributed by atoms with E-state index in [2.05, 4.69) is 34.5 Å². The van der Waals surface area contributed by atoms with Crippen LogP contribution in [0.1, 0.15) is 28.8 Å². The van der Waals surface area contributed by atoms with Crippen LogP contribution < -0.4 is 4.74 Å². The molecule has 0 N–H and O–H groups in total. The normalized spacial score (nSPS) is 19.7. The predicted octanol–water partition coefficient (Wildman–Crippen LogP) is 4.42. The van der Waals surface area contributed by atoms with Crippen LogP contribution in [0, 0.1) is 0 Å². The first-order valence-electron chi connectivity index (χ1n) is 11.1. The van der Waals surface area contributed by atoms with Gasteiger partial charge in [0.25, 0.3) is 5.91 Å². The number of benzene rings is 2. The van der Waals surface area contributed by atoms with Crippen molar-refractivity contribution in [3.63, 3.8) is 0 Å². The van der Waals surface area contributed by atoms with Crippen LogP contribution in [0.25, 0.3) is 10.1 Å². The fraction of sp³-hybridized carbons (Fsp3) is 0.400. The van der Waals surface area contributed by atoms with E-state index in [1.54, 1.807) is 0 Å². The molecule has 2 saturated heterocycles. The van der Waals surface area contributed by atoms with Crippen LogP contribution in [0.3, 0.4) is 0 Å². The molecular weight excluding hydrogens is 408 g/mol. The fourth-order valence-electron chi connectivity index (χ4n) is 4.35. The fourth-order valence-corrected chi connectivity index (χ4v) is 5.30. The third-order valence-electron chi connectivity index (χ3n) is 6.18. The van der Waals surface area contributed by atoms with Gasteiger partial charge in [-0.25, -0.2) is 0 Å².